The van der Waals surface area contributed by atoms with Gasteiger partial charge in [-0.15, -0.1) is 0 Å². The summed E-state index contributed by atoms with van der Waals surface area (Å²) in [5.74, 6) is -0.180. The van der Waals surface area contributed by atoms with E-state index in [2.05, 4.69) is 35.9 Å². The standard InChI is InChI=1S/C16H34N4O/c1-4-11-20-12-7-8-16(9-13-20,15(17)21)18-10-14-19(5-2)6-3/h18H,4-14H2,1-3H3,(H2,17,21). The lowest BCUT2D eigenvalue weighted by atomic mass is 9.89. The van der Waals surface area contributed by atoms with Crippen LogP contribution in [0.2, 0.25) is 0 Å². The maximum absolute atomic E-state index is 12.0. The Bertz CT molecular complexity index is 307. The Labute approximate surface area is 130 Å². The fourth-order valence-electron chi connectivity index (χ4n) is 3.23. The summed E-state index contributed by atoms with van der Waals surface area (Å²) in [5.41, 5.74) is 5.24. The van der Waals surface area contributed by atoms with Gasteiger partial charge in [0.05, 0.1) is 5.54 Å². The van der Waals surface area contributed by atoms with Gasteiger partial charge in [-0.05, 0) is 51.9 Å². The molecule has 0 aromatic carbocycles. The maximum atomic E-state index is 12.0. The van der Waals surface area contributed by atoms with E-state index in [0.717, 1.165) is 65.1 Å². The van der Waals surface area contributed by atoms with Crippen LogP contribution >= 0.6 is 0 Å². The summed E-state index contributed by atoms with van der Waals surface area (Å²) < 4.78 is 0. The summed E-state index contributed by atoms with van der Waals surface area (Å²) in [5, 5.41) is 3.49. The highest BCUT2D eigenvalue weighted by Gasteiger charge is 2.37. The third-order valence-electron chi connectivity index (χ3n) is 4.73. The van der Waals surface area contributed by atoms with Gasteiger partial charge in [0, 0.05) is 19.6 Å². The van der Waals surface area contributed by atoms with Crippen molar-refractivity contribution in [2.45, 2.75) is 52.0 Å². The molecule has 0 aliphatic carbocycles. The van der Waals surface area contributed by atoms with Crippen LogP contribution in [-0.4, -0.2) is 67.1 Å². The highest BCUT2D eigenvalue weighted by atomic mass is 16.1. The lowest BCUT2D eigenvalue weighted by Gasteiger charge is -2.32. The predicted molar refractivity (Wildman–Crippen MR) is 88.3 cm³/mol. The minimum Gasteiger partial charge on any atom is -0.368 e. The van der Waals surface area contributed by atoms with Crippen molar-refractivity contribution in [3.8, 4) is 0 Å². The Kier molecular flexibility index (Phi) is 8.22. The number of primary amides is 1. The predicted octanol–water partition coefficient (Wildman–Crippen LogP) is 1.04. The fraction of sp³-hybridized carbons (Fsp3) is 0.938. The maximum Gasteiger partial charge on any atom is 0.237 e. The lowest BCUT2D eigenvalue weighted by molar-refractivity contribution is -0.125. The number of nitrogens with zero attached hydrogens (tertiary/aromatic N) is 2. The number of likely N-dealkylation sites (N-methyl/N-ethyl adjacent to an activating group) is 1. The quantitative estimate of drug-likeness (QED) is 0.668. The van der Waals surface area contributed by atoms with Crippen LogP contribution in [0.25, 0.3) is 0 Å². The van der Waals surface area contributed by atoms with Gasteiger partial charge in [-0.25, -0.2) is 0 Å². The molecule has 0 spiro atoms. The van der Waals surface area contributed by atoms with Crippen molar-refractivity contribution in [2.75, 3.05) is 45.8 Å². The summed E-state index contributed by atoms with van der Waals surface area (Å²) in [6, 6.07) is 0. The number of carbonyl (C=O) groups excluding carboxylic acids is 1. The van der Waals surface area contributed by atoms with E-state index in [0.29, 0.717) is 0 Å². The van der Waals surface area contributed by atoms with E-state index in [9.17, 15) is 4.79 Å². The van der Waals surface area contributed by atoms with E-state index in [1.165, 1.54) is 6.42 Å². The van der Waals surface area contributed by atoms with Crippen LogP contribution in [0.3, 0.4) is 0 Å². The Morgan fingerprint density at radius 3 is 2.52 bits per heavy atom. The van der Waals surface area contributed by atoms with E-state index in [-0.39, 0.29) is 5.91 Å². The van der Waals surface area contributed by atoms with Gasteiger partial charge in [0.15, 0.2) is 0 Å². The second-order valence-corrected chi connectivity index (χ2v) is 6.10. The SMILES string of the molecule is CCCN1CCCC(NCCN(CC)CC)(C(N)=O)CC1. The number of hydrogen-bond acceptors (Lipinski definition) is 4. The largest absolute Gasteiger partial charge is 0.368 e. The molecule has 1 fully saturated rings. The third kappa shape index (κ3) is 5.57. The van der Waals surface area contributed by atoms with Crippen LogP contribution in [0, 0.1) is 0 Å². The highest BCUT2D eigenvalue weighted by Crippen LogP contribution is 2.22. The van der Waals surface area contributed by atoms with Crippen molar-refractivity contribution in [3.05, 3.63) is 0 Å². The van der Waals surface area contributed by atoms with E-state index < -0.39 is 5.54 Å². The number of nitrogens with two attached hydrogens (primary N) is 1. The molecule has 1 rings (SSSR count). The van der Waals surface area contributed by atoms with Crippen molar-refractivity contribution >= 4 is 5.91 Å². The first-order valence-electron chi connectivity index (χ1n) is 8.57. The molecule has 0 saturated carbocycles. The topological polar surface area (TPSA) is 61.6 Å². The molecule has 1 aliphatic heterocycles. The molecule has 1 amide bonds. The Morgan fingerprint density at radius 2 is 1.95 bits per heavy atom. The first-order valence-corrected chi connectivity index (χ1v) is 8.57. The number of amides is 1. The van der Waals surface area contributed by atoms with Gasteiger partial charge in [0.1, 0.15) is 0 Å². The normalized spacial score (nSPS) is 24.2. The van der Waals surface area contributed by atoms with E-state index in [1.807, 2.05) is 0 Å². The average Bonchev–Trinajstić information content (AvgIpc) is 2.68. The summed E-state index contributed by atoms with van der Waals surface area (Å²) >= 11 is 0. The minimum atomic E-state index is -0.504. The first-order chi connectivity index (χ1) is 10.1. The van der Waals surface area contributed by atoms with Crippen molar-refractivity contribution in [2.24, 2.45) is 5.73 Å². The van der Waals surface area contributed by atoms with Gasteiger partial charge in [-0.2, -0.15) is 0 Å². The molecule has 5 heteroatoms. The summed E-state index contributed by atoms with van der Waals surface area (Å²) in [4.78, 5) is 16.9. The summed E-state index contributed by atoms with van der Waals surface area (Å²) in [6.45, 7) is 13.6. The van der Waals surface area contributed by atoms with Gasteiger partial charge < -0.3 is 20.9 Å². The molecular weight excluding hydrogens is 264 g/mol. The second kappa shape index (κ2) is 9.38. The third-order valence-corrected chi connectivity index (χ3v) is 4.73. The molecule has 0 aromatic rings. The molecule has 124 valence electrons. The van der Waals surface area contributed by atoms with Crippen LogP contribution in [0.1, 0.15) is 46.5 Å². The van der Waals surface area contributed by atoms with E-state index in [1.54, 1.807) is 0 Å². The molecule has 1 heterocycles. The van der Waals surface area contributed by atoms with Crippen LogP contribution in [0.4, 0.5) is 0 Å². The average molecular weight is 298 g/mol. The van der Waals surface area contributed by atoms with Gasteiger partial charge in [-0.3, -0.25) is 4.79 Å². The van der Waals surface area contributed by atoms with Gasteiger partial charge in [0.25, 0.3) is 0 Å². The molecule has 0 aromatic heterocycles. The van der Waals surface area contributed by atoms with Gasteiger partial charge >= 0.3 is 0 Å². The van der Waals surface area contributed by atoms with Crippen molar-refractivity contribution in [1.82, 2.24) is 15.1 Å². The highest BCUT2D eigenvalue weighted by molar-refractivity contribution is 5.84. The Balaban J connectivity index is 2.56. The van der Waals surface area contributed by atoms with Gasteiger partial charge in [0.2, 0.25) is 5.91 Å². The van der Waals surface area contributed by atoms with E-state index in [4.69, 9.17) is 5.73 Å². The van der Waals surface area contributed by atoms with Crippen molar-refractivity contribution < 1.29 is 4.79 Å². The van der Waals surface area contributed by atoms with Crippen LogP contribution in [0.15, 0.2) is 0 Å². The summed E-state index contributed by atoms with van der Waals surface area (Å²) in [7, 11) is 0. The van der Waals surface area contributed by atoms with Gasteiger partial charge in [-0.1, -0.05) is 20.8 Å². The zero-order chi connectivity index (χ0) is 15.7. The number of rotatable bonds is 9. The van der Waals surface area contributed by atoms with Crippen LogP contribution in [0.5, 0.6) is 0 Å². The number of nitrogens with one attached hydrogen (secondary N) is 1. The molecule has 5 nitrogen and oxygen atoms in total. The molecular formula is C16H34N4O. The monoisotopic (exact) mass is 298 g/mol. The summed E-state index contributed by atoms with van der Waals surface area (Å²) in [6.07, 6.45) is 3.90. The fourth-order valence-corrected chi connectivity index (χ4v) is 3.23. The molecule has 1 unspecified atom stereocenters. The second-order valence-electron chi connectivity index (χ2n) is 6.10. The zero-order valence-electron chi connectivity index (χ0n) is 14.2. The molecule has 1 aliphatic rings. The lowest BCUT2D eigenvalue weighted by Crippen LogP contribution is -2.57. The van der Waals surface area contributed by atoms with Crippen LogP contribution < -0.4 is 11.1 Å². The number of carbonyl (C=O) groups is 1. The first kappa shape index (κ1) is 18.4. The van der Waals surface area contributed by atoms with Crippen molar-refractivity contribution in [3.63, 3.8) is 0 Å². The molecule has 3 N–H and O–H groups in total. The molecule has 1 saturated heterocycles. The Morgan fingerprint density at radius 1 is 1.24 bits per heavy atom. The number of likely N-dealkylation sites (tertiary alicyclic amines) is 1. The smallest absolute Gasteiger partial charge is 0.237 e. The Hall–Kier alpha value is -0.650. The molecule has 21 heavy (non-hydrogen) atoms. The van der Waals surface area contributed by atoms with Crippen molar-refractivity contribution in [1.29, 1.82) is 0 Å². The minimum absolute atomic E-state index is 0.180. The number of hydrogen-bond donors (Lipinski definition) is 2. The van der Waals surface area contributed by atoms with Crippen LogP contribution in [-0.2, 0) is 4.79 Å². The zero-order valence-corrected chi connectivity index (χ0v) is 14.2. The molecule has 1 atom stereocenters. The molecule has 0 radical (unpaired) electrons. The molecule has 0 bridgehead atoms. The van der Waals surface area contributed by atoms with E-state index >= 15 is 0 Å².